The fraction of sp³-hybridized carbons (Fsp3) is 0.467. The normalized spacial score (nSPS) is 19.4. The maximum Gasteiger partial charge on any atom is 0.181 e. The Kier molecular flexibility index (Phi) is 3.24. The van der Waals surface area contributed by atoms with Crippen LogP contribution in [0.3, 0.4) is 0 Å². The predicted octanol–water partition coefficient (Wildman–Crippen LogP) is 2.44. The summed E-state index contributed by atoms with van der Waals surface area (Å²) in [6.07, 6.45) is 6.26. The Morgan fingerprint density at radius 2 is 2.28 bits per heavy atom. The van der Waals surface area contributed by atoms with Crippen LogP contribution >= 0.6 is 0 Å². The van der Waals surface area contributed by atoms with E-state index in [2.05, 4.69) is 16.4 Å². The van der Waals surface area contributed by atoms with E-state index in [0.717, 1.165) is 25.2 Å². The molecule has 94 valence electrons. The summed E-state index contributed by atoms with van der Waals surface area (Å²) in [4.78, 5) is 16.6. The van der Waals surface area contributed by atoms with Gasteiger partial charge in [0.15, 0.2) is 5.78 Å². The fourth-order valence-corrected chi connectivity index (χ4v) is 2.31. The Balaban J connectivity index is 1.79. The average Bonchev–Trinajstić information content (AvgIpc) is 3.24. The third-order valence-electron chi connectivity index (χ3n) is 3.60. The predicted molar refractivity (Wildman–Crippen MR) is 71.4 cm³/mol. The number of nitrogens with zero attached hydrogens (tertiary/aromatic N) is 1. The Morgan fingerprint density at radius 1 is 1.39 bits per heavy atom. The van der Waals surface area contributed by atoms with Gasteiger partial charge in [0.2, 0.25) is 0 Å². The summed E-state index contributed by atoms with van der Waals surface area (Å²) in [5.74, 6) is 0.829. The minimum atomic E-state index is 0.203. The molecule has 2 heterocycles. The number of pyridine rings is 1. The molecule has 0 spiro atoms. The van der Waals surface area contributed by atoms with Crippen molar-refractivity contribution in [3.63, 3.8) is 0 Å². The summed E-state index contributed by atoms with van der Waals surface area (Å²) >= 11 is 0. The number of aromatic nitrogens is 1. The summed E-state index contributed by atoms with van der Waals surface area (Å²) in [5, 5.41) is 3.29. The number of hydrogen-bond acceptors (Lipinski definition) is 3. The van der Waals surface area contributed by atoms with E-state index in [-0.39, 0.29) is 5.78 Å². The van der Waals surface area contributed by atoms with Gasteiger partial charge in [0.25, 0.3) is 0 Å². The largest absolute Gasteiger partial charge is 0.313 e. The van der Waals surface area contributed by atoms with Gasteiger partial charge in [0.05, 0.1) is 5.69 Å². The summed E-state index contributed by atoms with van der Waals surface area (Å²) in [5.41, 5.74) is 2.87. The van der Waals surface area contributed by atoms with Crippen LogP contribution in [-0.2, 0) is 0 Å². The van der Waals surface area contributed by atoms with Crippen molar-refractivity contribution in [1.82, 2.24) is 10.3 Å². The third kappa shape index (κ3) is 2.67. The van der Waals surface area contributed by atoms with Crippen LogP contribution in [0.25, 0.3) is 5.57 Å². The maximum absolute atomic E-state index is 12.0. The lowest BCUT2D eigenvalue weighted by molar-refractivity contribution is 0.0971. The molecule has 0 saturated heterocycles. The lowest BCUT2D eigenvalue weighted by atomic mass is 10.0. The molecule has 1 aliphatic carbocycles. The van der Waals surface area contributed by atoms with Crippen molar-refractivity contribution in [2.24, 2.45) is 5.92 Å². The van der Waals surface area contributed by atoms with E-state index < -0.39 is 0 Å². The topological polar surface area (TPSA) is 42.0 Å². The molecule has 1 aromatic heterocycles. The zero-order valence-electron chi connectivity index (χ0n) is 10.5. The van der Waals surface area contributed by atoms with Gasteiger partial charge in [-0.25, -0.2) is 4.98 Å². The molecule has 18 heavy (non-hydrogen) atoms. The minimum Gasteiger partial charge on any atom is -0.313 e. The van der Waals surface area contributed by atoms with Gasteiger partial charge in [0.1, 0.15) is 5.69 Å². The van der Waals surface area contributed by atoms with Crippen molar-refractivity contribution < 1.29 is 4.79 Å². The van der Waals surface area contributed by atoms with Crippen LogP contribution in [0.15, 0.2) is 24.3 Å². The van der Waals surface area contributed by atoms with Crippen molar-refractivity contribution >= 4 is 11.4 Å². The number of hydrogen-bond donors (Lipinski definition) is 1. The van der Waals surface area contributed by atoms with Crippen molar-refractivity contribution in [2.75, 3.05) is 13.1 Å². The Labute approximate surface area is 107 Å². The van der Waals surface area contributed by atoms with Crippen molar-refractivity contribution in [1.29, 1.82) is 0 Å². The number of rotatable bonds is 4. The Morgan fingerprint density at radius 3 is 3.00 bits per heavy atom. The van der Waals surface area contributed by atoms with Crippen molar-refractivity contribution in [3.05, 3.63) is 35.7 Å². The molecule has 1 saturated carbocycles. The summed E-state index contributed by atoms with van der Waals surface area (Å²) in [6, 6.07) is 5.80. The molecule has 0 atom stereocenters. The van der Waals surface area contributed by atoms with Crippen LogP contribution < -0.4 is 5.32 Å². The molecular formula is C15H18N2O. The van der Waals surface area contributed by atoms with E-state index in [1.807, 2.05) is 18.2 Å². The van der Waals surface area contributed by atoms with Gasteiger partial charge in [0, 0.05) is 13.0 Å². The highest BCUT2D eigenvalue weighted by Gasteiger charge is 2.25. The molecule has 3 nitrogen and oxygen atoms in total. The van der Waals surface area contributed by atoms with Gasteiger partial charge in [-0.15, -0.1) is 0 Å². The zero-order chi connectivity index (χ0) is 12.4. The van der Waals surface area contributed by atoms with Gasteiger partial charge >= 0.3 is 0 Å². The van der Waals surface area contributed by atoms with Gasteiger partial charge in [-0.05, 0) is 49.4 Å². The molecule has 2 aliphatic rings. The van der Waals surface area contributed by atoms with Crippen LogP contribution in [0.4, 0.5) is 0 Å². The molecule has 0 bridgehead atoms. The maximum atomic E-state index is 12.0. The Hall–Kier alpha value is -1.48. The van der Waals surface area contributed by atoms with E-state index in [1.54, 1.807) is 0 Å². The smallest absolute Gasteiger partial charge is 0.181 e. The number of ketones is 1. The van der Waals surface area contributed by atoms with Gasteiger partial charge < -0.3 is 5.32 Å². The molecule has 3 heteroatoms. The minimum absolute atomic E-state index is 0.203. The molecule has 0 radical (unpaired) electrons. The second-order valence-electron chi connectivity index (χ2n) is 5.16. The molecule has 1 fully saturated rings. The molecule has 1 N–H and O–H groups in total. The first-order chi connectivity index (χ1) is 8.83. The van der Waals surface area contributed by atoms with Gasteiger partial charge in [-0.1, -0.05) is 12.1 Å². The zero-order valence-corrected chi connectivity index (χ0v) is 10.5. The standard InChI is InChI=1S/C15H18N2O/c18-15(10-11-4-5-11)14-3-1-2-13(17-14)12-6-8-16-9-7-12/h1-3,6,11,16H,4-5,7-10H2. The summed E-state index contributed by atoms with van der Waals surface area (Å²) < 4.78 is 0. The molecular weight excluding hydrogens is 224 g/mol. The van der Waals surface area contributed by atoms with Crippen LogP contribution in [0.1, 0.15) is 41.9 Å². The fourth-order valence-electron chi connectivity index (χ4n) is 2.31. The lowest BCUT2D eigenvalue weighted by Gasteiger charge is -2.13. The number of carbonyl (C=O) groups excluding carboxylic acids is 1. The average molecular weight is 242 g/mol. The van der Waals surface area contributed by atoms with Crippen LogP contribution in [-0.4, -0.2) is 23.9 Å². The molecule has 1 aromatic rings. The first-order valence-corrected chi connectivity index (χ1v) is 6.73. The summed E-state index contributed by atoms with van der Waals surface area (Å²) in [7, 11) is 0. The first kappa shape index (κ1) is 11.6. The van der Waals surface area contributed by atoms with E-state index in [0.29, 0.717) is 18.0 Å². The van der Waals surface area contributed by atoms with E-state index in [1.165, 1.54) is 18.4 Å². The monoisotopic (exact) mass is 242 g/mol. The highest BCUT2D eigenvalue weighted by molar-refractivity contribution is 5.94. The summed E-state index contributed by atoms with van der Waals surface area (Å²) in [6.45, 7) is 1.89. The third-order valence-corrected chi connectivity index (χ3v) is 3.60. The molecule has 0 unspecified atom stereocenters. The van der Waals surface area contributed by atoms with E-state index in [4.69, 9.17) is 0 Å². The van der Waals surface area contributed by atoms with Crippen LogP contribution in [0, 0.1) is 5.92 Å². The molecule has 1 aliphatic heterocycles. The van der Waals surface area contributed by atoms with Crippen LogP contribution in [0.2, 0.25) is 0 Å². The highest BCUT2D eigenvalue weighted by atomic mass is 16.1. The quantitative estimate of drug-likeness (QED) is 0.825. The number of nitrogens with one attached hydrogen (secondary N) is 1. The second kappa shape index (κ2) is 5.02. The van der Waals surface area contributed by atoms with Crippen LogP contribution in [0.5, 0.6) is 0 Å². The van der Waals surface area contributed by atoms with Crippen molar-refractivity contribution in [3.8, 4) is 0 Å². The van der Waals surface area contributed by atoms with Gasteiger partial charge in [-0.2, -0.15) is 0 Å². The molecule has 0 aromatic carbocycles. The Bertz CT molecular complexity index is 489. The number of Topliss-reactive ketones (excluding diaryl/α,β-unsaturated/α-hetero) is 1. The highest BCUT2D eigenvalue weighted by Crippen LogP contribution is 2.33. The van der Waals surface area contributed by atoms with E-state index >= 15 is 0 Å². The van der Waals surface area contributed by atoms with E-state index in [9.17, 15) is 4.79 Å². The van der Waals surface area contributed by atoms with Gasteiger partial charge in [-0.3, -0.25) is 4.79 Å². The second-order valence-corrected chi connectivity index (χ2v) is 5.16. The SMILES string of the molecule is O=C(CC1CC1)c1cccc(C2=CCNCC2)n1. The number of carbonyl (C=O) groups is 1. The molecule has 3 rings (SSSR count). The first-order valence-electron chi connectivity index (χ1n) is 6.73. The lowest BCUT2D eigenvalue weighted by Crippen LogP contribution is -2.20. The van der Waals surface area contributed by atoms with Crippen molar-refractivity contribution in [2.45, 2.75) is 25.7 Å². The molecule has 0 amide bonds.